The van der Waals surface area contributed by atoms with Crippen LogP contribution in [-0.2, 0) is 24.3 Å². The van der Waals surface area contributed by atoms with Crippen molar-refractivity contribution in [3.8, 4) is 0 Å². The van der Waals surface area contributed by atoms with Gasteiger partial charge in [0.1, 0.15) is 0 Å². The Labute approximate surface area is 148 Å². The van der Waals surface area contributed by atoms with E-state index in [1.165, 1.54) is 23.5 Å². The molecule has 0 amide bonds. The lowest BCUT2D eigenvalue weighted by molar-refractivity contribution is -0.144. The Kier molecular flexibility index (Phi) is 6.55. The molecule has 25 heavy (non-hydrogen) atoms. The summed E-state index contributed by atoms with van der Waals surface area (Å²) >= 11 is 0. The number of ether oxygens (including phenoxy) is 2. The van der Waals surface area contributed by atoms with Crippen molar-refractivity contribution in [2.75, 3.05) is 20.3 Å². The molecule has 1 aliphatic heterocycles. The van der Waals surface area contributed by atoms with Crippen LogP contribution in [0, 0.1) is 0 Å². The third-order valence-corrected chi connectivity index (χ3v) is 6.17. The average molecular weight is 369 g/mol. The summed E-state index contributed by atoms with van der Waals surface area (Å²) < 4.78 is 37.2. The largest absolute Gasteiger partial charge is 0.466 e. The van der Waals surface area contributed by atoms with Crippen molar-refractivity contribution in [1.29, 1.82) is 0 Å². The van der Waals surface area contributed by atoms with Crippen LogP contribution < -0.4 is 0 Å². The second-order valence-corrected chi connectivity index (χ2v) is 7.62. The molecule has 1 aliphatic rings. The van der Waals surface area contributed by atoms with E-state index in [1.54, 1.807) is 19.1 Å². The number of benzene rings is 1. The quantitative estimate of drug-likeness (QED) is 0.712. The highest BCUT2D eigenvalue weighted by Gasteiger charge is 2.36. The molecule has 0 aliphatic carbocycles. The Hall–Kier alpha value is -1.93. The molecule has 0 spiro atoms. The fourth-order valence-electron chi connectivity index (χ4n) is 3.00. The van der Waals surface area contributed by atoms with E-state index >= 15 is 0 Å². The fraction of sp³-hybridized carbons (Fsp3) is 0.529. The summed E-state index contributed by atoms with van der Waals surface area (Å²) in [6.45, 7) is 2.27. The molecule has 1 aromatic carbocycles. The van der Waals surface area contributed by atoms with E-state index in [0.29, 0.717) is 19.4 Å². The van der Waals surface area contributed by atoms with Gasteiger partial charge in [0.25, 0.3) is 0 Å². The van der Waals surface area contributed by atoms with Crippen LogP contribution in [0.1, 0.15) is 43.0 Å². The average Bonchev–Trinajstić information content (AvgIpc) is 2.61. The monoisotopic (exact) mass is 369 g/mol. The van der Waals surface area contributed by atoms with Crippen LogP contribution in [0.3, 0.4) is 0 Å². The third-order valence-electron chi connectivity index (χ3n) is 4.16. The number of rotatable bonds is 6. The van der Waals surface area contributed by atoms with Crippen LogP contribution in [-0.4, -0.2) is 51.0 Å². The van der Waals surface area contributed by atoms with Gasteiger partial charge in [-0.1, -0.05) is 18.6 Å². The van der Waals surface area contributed by atoms with Gasteiger partial charge in [0.15, 0.2) is 0 Å². The number of carbonyl (C=O) groups excluding carboxylic acids is 2. The number of hydrogen-bond acceptors (Lipinski definition) is 6. The standard InChI is InChI=1S/C17H23NO6S/c1-3-24-16(19)12-13-8-6-7-11-18(13)25(21,22)15-10-5-4-9-14(15)17(20)23-2/h4-5,9-10,13H,3,6-8,11-12H2,1-2H3/t13-/m1/s1. The predicted octanol–water partition coefficient (Wildman–Crippen LogP) is 1.97. The zero-order chi connectivity index (χ0) is 18.4. The molecule has 1 heterocycles. The number of esters is 2. The van der Waals surface area contributed by atoms with Gasteiger partial charge in [-0.15, -0.1) is 0 Å². The van der Waals surface area contributed by atoms with Gasteiger partial charge in [0, 0.05) is 12.6 Å². The van der Waals surface area contributed by atoms with E-state index in [4.69, 9.17) is 4.74 Å². The molecular formula is C17H23NO6S. The lowest BCUT2D eigenvalue weighted by Crippen LogP contribution is -2.45. The Morgan fingerprint density at radius 1 is 1.24 bits per heavy atom. The molecule has 8 heteroatoms. The van der Waals surface area contributed by atoms with Gasteiger partial charge in [-0.25, -0.2) is 13.2 Å². The highest BCUT2D eigenvalue weighted by molar-refractivity contribution is 7.89. The van der Waals surface area contributed by atoms with Gasteiger partial charge >= 0.3 is 11.9 Å². The van der Waals surface area contributed by atoms with E-state index in [-0.39, 0.29) is 23.5 Å². The number of sulfonamides is 1. The van der Waals surface area contributed by atoms with Gasteiger partial charge in [-0.05, 0) is 31.9 Å². The topological polar surface area (TPSA) is 90.0 Å². The maximum atomic E-state index is 13.1. The second-order valence-electron chi connectivity index (χ2n) is 5.76. The minimum absolute atomic E-state index is 0.00740. The highest BCUT2D eigenvalue weighted by Crippen LogP contribution is 2.29. The second kappa shape index (κ2) is 8.44. The smallest absolute Gasteiger partial charge is 0.339 e. The normalized spacial score (nSPS) is 18.6. The van der Waals surface area contributed by atoms with Crippen molar-refractivity contribution in [3.63, 3.8) is 0 Å². The summed E-state index contributed by atoms with van der Waals surface area (Å²) in [5.41, 5.74) is -0.00884. The molecule has 1 atom stereocenters. The molecule has 1 saturated heterocycles. The van der Waals surface area contributed by atoms with Crippen LogP contribution in [0.15, 0.2) is 29.2 Å². The van der Waals surface area contributed by atoms with Crippen molar-refractivity contribution in [2.45, 2.75) is 43.5 Å². The molecule has 2 rings (SSSR count). The van der Waals surface area contributed by atoms with Crippen LogP contribution >= 0.6 is 0 Å². The van der Waals surface area contributed by atoms with E-state index < -0.39 is 28.0 Å². The van der Waals surface area contributed by atoms with E-state index in [0.717, 1.165) is 6.42 Å². The first-order chi connectivity index (χ1) is 11.9. The Morgan fingerprint density at radius 3 is 2.64 bits per heavy atom. The molecule has 0 unspecified atom stereocenters. The molecule has 138 valence electrons. The van der Waals surface area contributed by atoms with Gasteiger partial charge in [0.2, 0.25) is 10.0 Å². The minimum Gasteiger partial charge on any atom is -0.466 e. The van der Waals surface area contributed by atoms with Crippen LogP contribution in [0.5, 0.6) is 0 Å². The molecule has 0 N–H and O–H groups in total. The van der Waals surface area contributed by atoms with Crippen LogP contribution in [0.4, 0.5) is 0 Å². The summed E-state index contributed by atoms with van der Waals surface area (Å²) in [7, 11) is -2.73. The van der Waals surface area contributed by atoms with Crippen molar-refractivity contribution in [2.24, 2.45) is 0 Å². The molecule has 0 bridgehead atoms. The summed E-state index contributed by atoms with van der Waals surface area (Å²) in [6, 6.07) is 5.48. The Balaban J connectivity index is 2.36. The maximum absolute atomic E-state index is 13.1. The van der Waals surface area contributed by atoms with E-state index in [9.17, 15) is 18.0 Å². The van der Waals surface area contributed by atoms with E-state index in [1.807, 2.05) is 0 Å². The number of methoxy groups -OCH3 is 1. The molecule has 1 fully saturated rings. The van der Waals surface area contributed by atoms with Crippen molar-refractivity contribution < 1.29 is 27.5 Å². The van der Waals surface area contributed by atoms with Gasteiger partial charge in [-0.3, -0.25) is 4.79 Å². The SMILES string of the molecule is CCOC(=O)C[C@H]1CCCCN1S(=O)(=O)c1ccccc1C(=O)OC. The summed E-state index contributed by atoms with van der Waals surface area (Å²) in [5, 5.41) is 0. The first-order valence-electron chi connectivity index (χ1n) is 8.26. The predicted molar refractivity (Wildman–Crippen MR) is 90.6 cm³/mol. The zero-order valence-corrected chi connectivity index (χ0v) is 15.3. The minimum atomic E-state index is -3.93. The lowest BCUT2D eigenvalue weighted by atomic mass is 10.0. The molecular weight excluding hydrogens is 346 g/mol. The van der Waals surface area contributed by atoms with Crippen molar-refractivity contribution >= 4 is 22.0 Å². The summed E-state index contributed by atoms with van der Waals surface area (Å²) in [6.07, 6.45) is 2.14. The zero-order valence-electron chi connectivity index (χ0n) is 14.4. The number of piperidine rings is 1. The number of hydrogen-bond donors (Lipinski definition) is 0. The Morgan fingerprint density at radius 2 is 1.96 bits per heavy atom. The molecule has 0 saturated carbocycles. The molecule has 1 aromatic rings. The molecule has 7 nitrogen and oxygen atoms in total. The lowest BCUT2D eigenvalue weighted by Gasteiger charge is -2.34. The van der Waals surface area contributed by atoms with Gasteiger partial charge in [-0.2, -0.15) is 4.31 Å². The van der Waals surface area contributed by atoms with Crippen molar-refractivity contribution in [1.82, 2.24) is 4.31 Å². The number of nitrogens with zero attached hydrogens (tertiary/aromatic N) is 1. The first-order valence-corrected chi connectivity index (χ1v) is 9.70. The summed E-state index contributed by atoms with van der Waals surface area (Å²) in [5.74, 6) is -1.13. The number of carbonyl (C=O) groups is 2. The van der Waals surface area contributed by atoms with Gasteiger partial charge < -0.3 is 9.47 Å². The van der Waals surface area contributed by atoms with Crippen molar-refractivity contribution in [3.05, 3.63) is 29.8 Å². The van der Waals surface area contributed by atoms with Crippen LogP contribution in [0.2, 0.25) is 0 Å². The van der Waals surface area contributed by atoms with E-state index in [2.05, 4.69) is 4.74 Å². The Bertz CT molecular complexity index is 730. The van der Waals surface area contributed by atoms with Gasteiger partial charge in [0.05, 0.1) is 30.6 Å². The first kappa shape index (κ1) is 19.4. The summed E-state index contributed by atoms with van der Waals surface area (Å²) in [4.78, 5) is 23.7. The molecule has 0 radical (unpaired) electrons. The fourth-order valence-corrected chi connectivity index (χ4v) is 4.88. The maximum Gasteiger partial charge on any atom is 0.339 e. The third kappa shape index (κ3) is 4.38. The molecule has 0 aromatic heterocycles. The van der Waals surface area contributed by atoms with Crippen LogP contribution in [0.25, 0.3) is 0 Å². The highest BCUT2D eigenvalue weighted by atomic mass is 32.2.